The van der Waals surface area contributed by atoms with Gasteiger partial charge in [-0.05, 0) is 49.2 Å². The van der Waals surface area contributed by atoms with Crippen molar-refractivity contribution >= 4 is 34.5 Å². The fraction of sp³-hybridized carbons (Fsp3) is 0.182. The Bertz CT molecular complexity index is 1130. The summed E-state index contributed by atoms with van der Waals surface area (Å²) in [6.45, 7) is 3.81. The Kier molecular flexibility index (Phi) is 6.19. The van der Waals surface area contributed by atoms with Crippen molar-refractivity contribution in [2.45, 2.75) is 20.4 Å². The van der Waals surface area contributed by atoms with Crippen LogP contribution < -0.4 is 10.9 Å². The molecule has 2 aromatic carbocycles. The lowest BCUT2D eigenvalue weighted by Gasteiger charge is -2.09. The van der Waals surface area contributed by atoms with Gasteiger partial charge in [0.1, 0.15) is 6.54 Å². The summed E-state index contributed by atoms with van der Waals surface area (Å²) in [6, 6.07) is 12.3. The number of benzene rings is 2. The molecule has 0 aliphatic carbocycles. The fourth-order valence-electron chi connectivity index (χ4n) is 2.84. The van der Waals surface area contributed by atoms with E-state index in [2.05, 4.69) is 10.3 Å². The maximum Gasteiger partial charge on any atom is 0.330 e. The van der Waals surface area contributed by atoms with E-state index in [0.29, 0.717) is 23.2 Å². The van der Waals surface area contributed by atoms with Gasteiger partial charge in [0.25, 0.3) is 5.56 Å². The van der Waals surface area contributed by atoms with Gasteiger partial charge in [0, 0.05) is 11.8 Å². The third-order valence-electron chi connectivity index (χ3n) is 4.26. The molecule has 0 atom stereocenters. The van der Waals surface area contributed by atoms with E-state index in [-0.39, 0.29) is 18.0 Å². The maximum atomic E-state index is 12.6. The smallest absolute Gasteiger partial charge is 0.330 e. The minimum absolute atomic E-state index is 0.139. The minimum Gasteiger partial charge on any atom is -0.463 e. The number of ether oxygens (including phenoxy) is 1. The second-order valence-electron chi connectivity index (χ2n) is 6.40. The summed E-state index contributed by atoms with van der Waals surface area (Å²) in [5, 5.41) is 3.23. The van der Waals surface area contributed by atoms with Gasteiger partial charge in [0.15, 0.2) is 0 Å². The number of esters is 1. The normalized spacial score (nSPS) is 11.0. The molecule has 0 saturated carbocycles. The molecule has 3 rings (SSSR count). The molecule has 3 aromatic rings. The summed E-state index contributed by atoms with van der Waals surface area (Å²) in [5.74, 6) is -0.745. The molecule has 7 nitrogen and oxygen atoms in total. The molecule has 1 heterocycles. The monoisotopic (exact) mass is 391 g/mol. The van der Waals surface area contributed by atoms with Crippen molar-refractivity contribution < 1.29 is 14.3 Å². The van der Waals surface area contributed by atoms with E-state index < -0.39 is 5.97 Å². The van der Waals surface area contributed by atoms with Crippen molar-refractivity contribution in [2.24, 2.45) is 0 Å². The number of anilines is 1. The predicted octanol–water partition coefficient (Wildman–Crippen LogP) is 2.92. The Hall–Kier alpha value is -3.74. The first-order valence-corrected chi connectivity index (χ1v) is 9.17. The van der Waals surface area contributed by atoms with Crippen molar-refractivity contribution in [1.29, 1.82) is 0 Å². The van der Waals surface area contributed by atoms with Crippen molar-refractivity contribution in [3.63, 3.8) is 0 Å². The molecule has 0 radical (unpaired) electrons. The van der Waals surface area contributed by atoms with Crippen molar-refractivity contribution in [2.75, 3.05) is 11.9 Å². The number of para-hydroxylation sites is 1. The summed E-state index contributed by atoms with van der Waals surface area (Å²) in [6.07, 6.45) is 4.37. The van der Waals surface area contributed by atoms with E-state index >= 15 is 0 Å². The van der Waals surface area contributed by atoms with E-state index in [4.69, 9.17) is 4.74 Å². The first-order chi connectivity index (χ1) is 14.0. The first-order valence-electron chi connectivity index (χ1n) is 9.17. The van der Waals surface area contributed by atoms with Crippen LogP contribution in [0.4, 0.5) is 5.69 Å². The van der Waals surface area contributed by atoms with Gasteiger partial charge in [-0.25, -0.2) is 9.78 Å². The van der Waals surface area contributed by atoms with Gasteiger partial charge in [-0.2, -0.15) is 0 Å². The van der Waals surface area contributed by atoms with Crippen LogP contribution in [0.15, 0.2) is 59.7 Å². The quantitative estimate of drug-likeness (QED) is 0.515. The van der Waals surface area contributed by atoms with Crippen LogP contribution in [-0.2, 0) is 20.9 Å². The molecule has 148 valence electrons. The summed E-state index contributed by atoms with van der Waals surface area (Å²) in [5.41, 5.74) is 2.67. The molecule has 1 aromatic heterocycles. The van der Waals surface area contributed by atoms with Crippen molar-refractivity contribution in [1.82, 2.24) is 9.55 Å². The second-order valence-corrected chi connectivity index (χ2v) is 6.40. The SMILES string of the molecule is CCOC(=O)/C=C/c1ccc(NC(=O)Cn2cnc3c(C)cccc3c2=O)cc1. The van der Waals surface area contributed by atoms with Gasteiger partial charge in [-0.3, -0.25) is 14.2 Å². The summed E-state index contributed by atoms with van der Waals surface area (Å²) in [7, 11) is 0. The average molecular weight is 391 g/mol. The number of carbonyl (C=O) groups is 2. The third kappa shape index (κ3) is 4.95. The highest BCUT2D eigenvalue weighted by Gasteiger charge is 2.09. The van der Waals surface area contributed by atoms with Gasteiger partial charge in [0.2, 0.25) is 5.91 Å². The number of nitrogens with zero attached hydrogens (tertiary/aromatic N) is 2. The lowest BCUT2D eigenvalue weighted by Crippen LogP contribution is -2.28. The molecule has 0 spiro atoms. The number of hydrogen-bond acceptors (Lipinski definition) is 5. The zero-order valence-electron chi connectivity index (χ0n) is 16.2. The average Bonchev–Trinajstić information content (AvgIpc) is 2.70. The van der Waals surface area contributed by atoms with Crippen LogP contribution in [0.2, 0.25) is 0 Å². The Morgan fingerprint density at radius 1 is 1.17 bits per heavy atom. The highest BCUT2D eigenvalue weighted by atomic mass is 16.5. The van der Waals surface area contributed by atoms with Gasteiger partial charge in [-0.15, -0.1) is 0 Å². The van der Waals surface area contributed by atoms with E-state index in [1.807, 2.05) is 13.0 Å². The number of nitrogens with one attached hydrogen (secondary N) is 1. The number of carbonyl (C=O) groups excluding carboxylic acids is 2. The highest BCUT2D eigenvalue weighted by molar-refractivity contribution is 5.91. The Morgan fingerprint density at radius 2 is 1.93 bits per heavy atom. The number of aryl methyl sites for hydroxylation is 1. The molecule has 0 bridgehead atoms. The van der Waals surface area contributed by atoms with Gasteiger partial charge in [0.05, 0.1) is 23.8 Å². The number of amides is 1. The molecule has 7 heteroatoms. The molecule has 29 heavy (non-hydrogen) atoms. The van der Waals surface area contributed by atoms with E-state index in [1.165, 1.54) is 17.0 Å². The highest BCUT2D eigenvalue weighted by Crippen LogP contribution is 2.12. The van der Waals surface area contributed by atoms with Crippen LogP contribution in [0.1, 0.15) is 18.1 Å². The topological polar surface area (TPSA) is 90.3 Å². The van der Waals surface area contributed by atoms with Crippen molar-refractivity contribution in [3.8, 4) is 0 Å². The Labute approximate surface area is 167 Å². The Balaban J connectivity index is 1.67. The van der Waals surface area contributed by atoms with Gasteiger partial charge < -0.3 is 10.1 Å². The standard InChI is InChI=1S/C22H21N3O4/c1-3-29-20(27)12-9-16-7-10-17(11-8-16)24-19(26)13-25-14-23-21-15(2)5-4-6-18(21)22(25)28/h4-12,14H,3,13H2,1-2H3,(H,24,26)/b12-9+. The van der Waals surface area contributed by atoms with Gasteiger partial charge in [-0.1, -0.05) is 24.3 Å². The van der Waals surface area contributed by atoms with E-state index in [1.54, 1.807) is 49.4 Å². The zero-order valence-corrected chi connectivity index (χ0v) is 16.2. The van der Waals surface area contributed by atoms with Crippen molar-refractivity contribution in [3.05, 3.63) is 76.3 Å². The minimum atomic E-state index is -0.408. The second kappa shape index (κ2) is 8.97. The molecule has 0 unspecified atom stereocenters. The molecule has 1 amide bonds. The van der Waals surface area contributed by atoms with Crippen LogP contribution >= 0.6 is 0 Å². The summed E-state index contributed by atoms with van der Waals surface area (Å²) < 4.78 is 6.11. The van der Waals surface area contributed by atoms with E-state index in [0.717, 1.165) is 11.1 Å². The largest absolute Gasteiger partial charge is 0.463 e. The number of aromatic nitrogens is 2. The molecule has 0 aliphatic heterocycles. The number of fused-ring (bicyclic) bond motifs is 1. The maximum absolute atomic E-state index is 12.6. The van der Waals surface area contributed by atoms with Crippen LogP contribution in [0.25, 0.3) is 17.0 Å². The molecule has 0 aliphatic rings. The summed E-state index contributed by atoms with van der Waals surface area (Å²) in [4.78, 5) is 40.5. The molecule has 1 N–H and O–H groups in total. The van der Waals surface area contributed by atoms with Crippen LogP contribution in [0.5, 0.6) is 0 Å². The Morgan fingerprint density at radius 3 is 2.66 bits per heavy atom. The van der Waals surface area contributed by atoms with Gasteiger partial charge >= 0.3 is 5.97 Å². The predicted molar refractivity (Wildman–Crippen MR) is 111 cm³/mol. The number of hydrogen-bond donors (Lipinski definition) is 1. The van der Waals surface area contributed by atoms with Crippen LogP contribution in [0, 0.1) is 6.92 Å². The molecule has 0 saturated heterocycles. The molecule has 0 fully saturated rings. The van der Waals surface area contributed by atoms with Crippen LogP contribution in [-0.4, -0.2) is 28.0 Å². The third-order valence-corrected chi connectivity index (χ3v) is 4.26. The fourth-order valence-corrected chi connectivity index (χ4v) is 2.84. The molecular weight excluding hydrogens is 370 g/mol. The zero-order chi connectivity index (χ0) is 20.8. The van der Waals surface area contributed by atoms with Crippen LogP contribution in [0.3, 0.4) is 0 Å². The summed E-state index contributed by atoms with van der Waals surface area (Å²) >= 11 is 0. The van der Waals surface area contributed by atoms with E-state index in [9.17, 15) is 14.4 Å². The molecular formula is C22H21N3O4. The lowest BCUT2D eigenvalue weighted by molar-refractivity contribution is -0.137. The first kappa shape index (κ1) is 20.0. The lowest BCUT2D eigenvalue weighted by atomic mass is 10.1. The number of rotatable bonds is 6.